The highest BCUT2D eigenvalue weighted by molar-refractivity contribution is 5.92. The number of hydrogen-bond donors (Lipinski definition) is 4. The quantitative estimate of drug-likeness (QED) is 0.0297. The van der Waals surface area contributed by atoms with E-state index in [1.165, 1.54) is 85.4 Å². The number of esters is 4. The average molecular weight is 1550 g/mol. The van der Waals surface area contributed by atoms with Gasteiger partial charge < -0.3 is 53.6 Å². The van der Waals surface area contributed by atoms with Gasteiger partial charge in [-0.25, -0.2) is 4.79 Å². The van der Waals surface area contributed by atoms with Gasteiger partial charge in [0, 0.05) is 17.3 Å². The van der Waals surface area contributed by atoms with Crippen LogP contribution in [-0.4, -0.2) is 116 Å². The largest absolute Gasteiger partial charge is 0.508 e. The van der Waals surface area contributed by atoms with Crippen LogP contribution >= 0.6 is 0 Å². The molecule has 2 heterocycles. The summed E-state index contributed by atoms with van der Waals surface area (Å²) >= 11 is 0. The van der Waals surface area contributed by atoms with Crippen LogP contribution in [0, 0.1) is 56.7 Å². The molecule has 616 valence electrons. The number of carbonyl (C=O) groups is 4. The normalized spacial score (nSPS) is 30.9. The average Bonchev–Trinajstić information content (AvgIpc) is 1.62. The summed E-state index contributed by atoms with van der Waals surface area (Å²) in [5, 5.41) is 43.3. The Hall–Kier alpha value is -5.93. The van der Waals surface area contributed by atoms with E-state index in [1.807, 2.05) is 67.5 Å². The molecule has 20 heteroatoms. The van der Waals surface area contributed by atoms with Crippen LogP contribution < -0.4 is 4.74 Å². The fraction of sp³-hybridized carbons (Fsp3) is 0.711. The van der Waals surface area contributed by atoms with Crippen LogP contribution in [0.3, 0.4) is 0 Å². The summed E-state index contributed by atoms with van der Waals surface area (Å²) in [6, 6.07) is 29.3. The van der Waals surface area contributed by atoms with Crippen LogP contribution in [0.2, 0.25) is 0 Å². The van der Waals surface area contributed by atoms with Gasteiger partial charge in [-0.3, -0.25) is 14.4 Å². The molecule has 4 N–H and O–H groups in total. The first-order chi connectivity index (χ1) is 50.9. The van der Waals surface area contributed by atoms with E-state index in [0.29, 0.717) is 80.7 Å². The number of aliphatic hydroxyl groups is 3. The predicted octanol–water partition coefficient (Wildman–Crippen LogP) is 20.9. The van der Waals surface area contributed by atoms with Gasteiger partial charge in [-0.05, 0) is 290 Å². The molecule has 15 nitrogen and oxygen atoms in total. The number of alkyl halides is 5. The monoisotopic (exact) mass is 1550 g/mol. The highest BCUT2D eigenvalue weighted by Gasteiger charge is 2.83. The molecule has 14 rings (SSSR count). The molecular weight excluding hydrogens is 1420 g/mol. The Bertz CT molecular complexity index is 3710. The second-order valence-electron chi connectivity index (χ2n) is 37.1. The van der Waals surface area contributed by atoms with Gasteiger partial charge in [0.2, 0.25) is 11.7 Å². The maximum Gasteiger partial charge on any atom is 0.449 e. The topological polar surface area (TPSA) is 214 Å². The number of benzene rings is 4. The zero-order valence-electron chi connectivity index (χ0n) is 69.6. The van der Waals surface area contributed by atoms with Gasteiger partial charge in [0.15, 0.2) is 6.29 Å². The van der Waals surface area contributed by atoms with E-state index in [-0.39, 0.29) is 35.5 Å². The van der Waals surface area contributed by atoms with Crippen molar-refractivity contribution in [1.82, 2.24) is 0 Å². The van der Waals surface area contributed by atoms with Gasteiger partial charge in [-0.15, -0.1) is 0 Å². The third-order valence-corrected chi connectivity index (χ3v) is 27.6. The zero-order chi connectivity index (χ0) is 82.1. The summed E-state index contributed by atoms with van der Waals surface area (Å²) in [6.45, 7) is 38.6. The Balaban J connectivity index is 0.000000170. The smallest absolute Gasteiger partial charge is 0.449 e. The van der Waals surface area contributed by atoms with Crippen LogP contribution in [0.5, 0.6) is 11.5 Å². The third kappa shape index (κ3) is 18.7. The number of aromatic hydroxyl groups is 1. The molecule has 2 aliphatic heterocycles. The van der Waals surface area contributed by atoms with Crippen LogP contribution in [0.25, 0.3) is 10.8 Å². The number of halogens is 5. The number of hydrogen-bond acceptors (Lipinski definition) is 15. The number of rotatable bonds is 19. The lowest BCUT2D eigenvalue weighted by Gasteiger charge is -2.70. The maximum atomic E-state index is 14.0. The van der Waals surface area contributed by atoms with E-state index in [4.69, 9.17) is 28.8 Å². The summed E-state index contributed by atoms with van der Waals surface area (Å²) in [7, 11) is 0. The van der Waals surface area contributed by atoms with Crippen LogP contribution in [0.15, 0.2) is 84.9 Å². The van der Waals surface area contributed by atoms with Crippen LogP contribution in [-0.2, 0) is 47.6 Å². The summed E-state index contributed by atoms with van der Waals surface area (Å²) in [4.78, 5) is 47.4. The molecule has 4 aromatic carbocycles. The van der Waals surface area contributed by atoms with Crippen molar-refractivity contribution in [3.8, 4) is 11.5 Å². The van der Waals surface area contributed by atoms with E-state index in [0.717, 1.165) is 67.9 Å². The van der Waals surface area contributed by atoms with Gasteiger partial charge in [0.25, 0.3) is 0 Å². The van der Waals surface area contributed by atoms with Crippen molar-refractivity contribution < 1.29 is 94.7 Å². The number of fused-ring (bicyclic) bond motifs is 5. The summed E-state index contributed by atoms with van der Waals surface area (Å²) < 4.78 is 103. The van der Waals surface area contributed by atoms with Gasteiger partial charge in [0.1, 0.15) is 17.1 Å². The van der Waals surface area contributed by atoms with Crippen molar-refractivity contribution in [1.29, 1.82) is 0 Å². The second kappa shape index (κ2) is 33.9. The molecule has 9 fully saturated rings. The van der Waals surface area contributed by atoms with Crippen molar-refractivity contribution in [3.63, 3.8) is 0 Å². The number of phenols is 1. The minimum Gasteiger partial charge on any atom is -0.508 e. The van der Waals surface area contributed by atoms with Crippen molar-refractivity contribution in [3.05, 3.63) is 107 Å². The Morgan fingerprint density at radius 3 is 1.55 bits per heavy atom. The summed E-state index contributed by atoms with van der Waals surface area (Å²) in [5.74, 6) is -3.58. The van der Waals surface area contributed by atoms with E-state index >= 15 is 0 Å². The van der Waals surface area contributed by atoms with Crippen LogP contribution in [0.1, 0.15) is 300 Å². The lowest BCUT2D eigenvalue weighted by atomic mass is 9.37. The fourth-order valence-electron chi connectivity index (χ4n) is 18.4. The predicted molar refractivity (Wildman–Crippen MR) is 416 cm³/mol. The third-order valence-electron chi connectivity index (χ3n) is 27.6. The van der Waals surface area contributed by atoms with Gasteiger partial charge in [0.05, 0.1) is 46.8 Å². The van der Waals surface area contributed by atoms with Crippen LogP contribution in [0.4, 0.5) is 22.0 Å². The van der Waals surface area contributed by atoms with E-state index < -0.39 is 81.2 Å². The molecule has 2 saturated heterocycles. The number of cyclic esters (lactones) is 1. The van der Waals surface area contributed by atoms with Gasteiger partial charge in [-0.2, -0.15) is 22.0 Å². The van der Waals surface area contributed by atoms with E-state index in [9.17, 15) is 56.4 Å². The lowest BCUT2D eigenvalue weighted by molar-refractivity contribution is -0.409. The molecule has 10 aliphatic rings. The SMILES string of the molecule is CC1c2cccc3cccc(c23)C1C.CCC(C)(C)C(=O)OC1(C)COC(O)(C(F)(F)F)C1(F)F.CCC(C)(C)C(=O)OC12CC3CC(C(C)(C)O)(C1)CC(C(C)(C)O)(C3)C2.CCC(C)(C)C(=O)OC1CCOC1=O.CCC(C)c1ccc(O)cc1.CCC(C)c1ccc(OC(C)OC2CC3CC2C2CCCC32)cc1. The Kier molecular flexibility index (Phi) is 27.6. The number of phenolic OH excluding ortho intramolecular Hbond substituents is 1. The molecule has 0 spiro atoms. The minimum atomic E-state index is -5.74. The molecule has 7 saturated carbocycles. The molecule has 0 amide bonds. The Morgan fingerprint density at radius 1 is 0.618 bits per heavy atom. The highest BCUT2D eigenvalue weighted by Crippen LogP contribution is 2.73. The molecule has 0 aromatic heterocycles. The number of carbonyl (C=O) groups excluding carboxylic acids is 4. The minimum absolute atomic E-state index is 0.140. The first kappa shape index (κ1) is 89.6. The standard InChI is InChI=1S/C22H38O4.C22H32O2.C14H14.C12H17F5O4.C10H16O4.C10H14O/c1-8-17(2,3)16(23)26-22-11-15-9-20(13-22,18(4,5)24)12-21(10-15,14-22)19(6,7)25;1-4-14(2)16-8-10-18(11-9-16)23-15(3)24-22-13-17-12-21(22)20-7-5-6-19(17)20;1-9-10(2)13-8-4-6-11-5-3-7-12(9)14(11)13;1-5-8(2,3)7(18)21-9(4)6-20-11(19,10(9,13)14)12(15,16)17;1-4-10(2,3)9(12)14-7-5-6-13-8(7)11;1-3-8(2)9-4-6-10(11)7-5-9/h15,24-25H,8-14H2,1-7H3;8-11,14-15,17,19-22H,4-7,12-13H2,1-3H3;3-10H,1-2H3;19H,5-6H2,1-4H3;7H,4-6H2,1-3H3;4-8,11H,3H2,1-2H3. The molecule has 110 heavy (non-hydrogen) atoms. The molecule has 15 atom stereocenters. The zero-order valence-corrected chi connectivity index (χ0v) is 69.6. The molecule has 15 unspecified atom stereocenters. The van der Waals surface area contributed by atoms with E-state index in [2.05, 4.69) is 119 Å². The maximum absolute atomic E-state index is 14.0. The molecular formula is C90H131F5O15. The molecule has 8 aliphatic carbocycles. The lowest BCUT2D eigenvalue weighted by Crippen LogP contribution is -2.70. The highest BCUT2D eigenvalue weighted by atomic mass is 19.4. The molecule has 0 radical (unpaired) electrons. The Morgan fingerprint density at radius 2 is 1.10 bits per heavy atom. The first-order valence-corrected chi connectivity index (χ1v) is 40.7. The van der Waals surface area contributed by atoms with Crippen molar-refractivity contribution in [2.24, 2.45) is 56.7 Å². The van der Waals surface area contributed by atoms with Crippen molar-refractivity contribution >= 4 is 34.6 Å². The van der Waals surface area contributed by atoms with E-state index in [1.54, 1.807) is 32.9 Å². The second-order valence-corrected chi connectivity index (χ2v) is 37.1. The summed E-state index contributed by atoms with van der Waals surface area (Å²) in [6.07, 6.45) is 10.4. The van der Waals surface area contributed by atoms with Crippen molar-refractivity contribution in [2.45, 2.75) is 337 Å². The van der Waals surface area contributed by atoms with Crippen molar-refractivity contribution in [2.75, 3.05) is 13.2 Å². The van der Waals surface area contributed by atoms with Gasteiger partial charge >= 0.3 is 41.8 Å². The Labute approximate surface area is 651 Å². The summed E-state index contributed by atoms with van der Waals surface area (Å²) in [5.41, 5.74) is -2.23. The fourth-order valence-corrected chi connectivity index (χ4v) is 18.4. The molecule has 4 aromatic rings. The first-order valence-electron chi connectivity index (χ1n) is 40.7. The van der Waals surface area contributed by atoms with Gasteiger partial charge in [-0.1, -0.05) is 129 Å². The molecule has 6 bridgehead atoms. The number of ether oxygens (including phenoxy) is 7.